The third kappa shape index (κ3) is 3.81. The van der Waals surface area contributed by atoms with Crippen LogP contribution in [0.25, 0.3) is 0 Å². The number of hydrogen-bond acceptors (Lipinski definition) is 3. The van der Waals surface area contributed by atoms with Crippen molar-refractivity contribution in [2.45, 2.75) is 0 Å². The first-order valence-electron chi connectivity index (χ1n) is 5.71. The number of nitrogens with one attached hydrogen (secondary N) is 1. The van der Waals surface area contributed by atoms with Crippen LogP contribution in [-0.4, -0.2) is 12.5 Å². The lowest BCUT2D eigenvalue weighted by atomic mass is 10.3. The summed E-state index contributed by atoms with van der Waals surface area (Å²) in [5.74, 6) is 0.997. The van der Waals surface area contributed by atoms with E-state index in [1.165, 1.54) is 0 Å². The number of ether oxygens (including phenoxy) is 1. The summed E-state index contributed by atoms with van der Waals surface area (Å²) in [6.45, 7) is -0.0643. The summed E-state index contributed by atoms with van der Waals surface area (Å²) in [6.07, 6.45) is 0. The Hall–Kier alpha value is -1.85. The van der Waals surface area contributed by atoms with Gasteiger partial charge in [-0.3, -0.25) is 4.79 Å². The van der Waals surface area contributed by atoms with Crippen molar-refractivity contribution in [3.05, 3.63) is 53.0 Å². The predicted octanol–water partition coefficient (Wildman–Crippen LogP) is 3.14. The standard InChI is InChI=1S/C14H13BrN2O2/c15-10-4-3-5-11(8-10)19-13-7-2-1-6-12(13)17-14(18)9-16/h1-8H,9,16H2,(H,17,18). The first-order valence-corrected chi connectivity index (χ1v) is 6.50. The zero-order chi connectivity index (χ0) is 13.7. The molecule has 1 amide bonds. The molecule has 0 atom stereocenters. The Balaban J connectivity index is 2.22. The van der Waals surface area contributed by atoms with Crippen molar-refractivity contribution in [3.8, 4) is 11.5 Å². The first kappa shape index (κ1) is 13.6. The number of carbonyl (C=O) groups excluding carboxylic acids is 1. The number of carbonyl (C=O) groups is 1. The SMILES string of the molecule is NCC(=O)Nc1ccccc1Oc1cccc(Br)c1. The first-order chi connectivity index (χ1) is 9.19. The Labute approximate surface area is 119 Å². The number of para-hydroxylation sites is 2. The predicted molar refractivity (Wildman–Crippen MR) is 78.3 cm³/mol. The van der Waals surface area contributed by atoms with Gasteiger partial charge in [-0.15, -0.1) is 0 Å². The quantitative estimate of drug-likeness (QED) is 0.909. The summed E-state index contributed by atoms with van der Waals surface area (Å²) in [4.78, 5) is 11.3. The van der Waals surface area contributed by atoms with Gasteiger partial charge in [-0.25, -0.2) is 0 Å². The van der Waals surface area contributed by atoms with Crippen LogP contribution in [0.2, 0.25) is 0 Å². The van der Waals surface area contributed by atoms with E-state index in [1.807, 2.05) is 36.4 Å². The van der Waals surface area contributed by atoms with Gasteiger partial charge in [0.1, 0.15) is 5.75 Å². The van der Waals surface area contributed by atoms with E-state index >= 15 is 0 Å². The van der Waals surface area contributed by atoms with Crippen LogP contribution in [0.1, 0.15) is 0 Å². The fourth-order valence-corrected chi connectivity index (χ4v) is 1.90. The molecule has 0 unspecified atom stereocenters. The highest BCUT2D eigenvalue weighted by molar-refractivity contribution is 9.10. The fourth-order valence-electron chi connectivity index (χ4n) is 1.52. The second-order valence-electron chi connectivity index (χ2n) is 3.81. The molecule has 4 nitrogen and oxygen atoms in total. The maximum absolute atomic E-state index is 11.3. The highest BCUT2D eigenvalue weighted by Crippen LogP contribution is 2.30. The highest BCUT2D eigenvalue weighted by atomic mass is 79.9. The Morgan fingerprint density at radius 3 is 2.74 bits per heavy atom. The minimum absolute atomic E-state index is 0.0643. The monoisotopic (exact) mass is 320 g/mol. The highest BCUT2D eigenvalue weighted by Gasteiger charge is 2.07. The van der Waals surface area contributed by atoms with Gasteiger partial charge in [-0.05, 0) is 30.3 Å². The molecule has 2 aromatic rings. The van der Waals surface area contributed by atoms with Gasteiger partial charge in [0, 0.05) is 4.47 Å². The zero-order valence-electron chi connectivity index (χ0n) is 10.1. The Morgan fingerprint density at radius 1 is 1.21 bits per heavy atom. The average molecular weight is 321 g/mol. The number of anilines is 1. The number of rotatable bonds is 4. The second-order valence-corrected chi connectivity index (χ2v) is 4.72. The van der Waals surface area contributed by atoms with E-state index < -0.39 is 0 Å². The maximum Gasteiger partial charge on any atom is 0.238 e. The van der Waals surface area contributed by atoms with Crippen LogP contribution < -0.4 is 15.8 Å². The number of hydrogen-bond donors (Lipinski definition) is 2. The maximum atomic E-state index is 11.3. The molecule has 0 fully saturated rings. The van der Waals surface area contributed by atoms with Gasteiger partial charge in [-0.2, -0.15) is 0 Å². The van der Waals surface area contributed by atoms with Gasteiger partial charge >= 0.3 is 0 Å². The molecule has 3 N–H and O–H groups in total. The molecule has 19 heavy (non-hydrogen) atoms. The number of amides is 1. The molecular weight excluding hydrogens is 308 g/mol. The number of benzene rings is 2. The lowest BCUT2D eigenvalue weighted by Crippen LogP contribution is -2.22. The summed E-state index contributed by atoms with van der Waals surface area (Å²) in [6, 6.07) is 14.7. The van der Waals surface area contributed by atoms with Crippen LogP contribution in [0.15, 0.2) is 53.0 Å². The Morgan fingerprint density at radius 2 is 2.00 bits per heavy atom. The lowest BCUT2D eigenvalue weighted by molar-refractivity contribution is -0.114. The lowest BCUT2D eigenvalue weighted by Gasteiger charge is -2.11. The van der Waals surface area contributed by atoms with Crippen LogP contribution in [0.3, 0.4) is 0 Å². The summed E-state index contributed by atoms with van der Waals surface area (Å²) in [7, 11) is 0. The zero-order valence-corrected chi connectivity index (χ0v) is 11.7. The molecule has 0 saturated carbocycles. The molecule has 0 heterocycles. The normalized spacial score (nSPS) is 10.0. The van der Waals surface area contributed by atoms with Crippen molar-refractivity contribution in [1.82, 2.24) is 0 Å². The third-order valence-corrected chi connectivity index (χ3v) is 2.86. The van der Waals surface area contributed by atoms with Gasteiger partial charge in [0.05, 0.1) is 12.2 Å². The Kier molecular flexibility index (Phi) is 4.54. The number of halogens is 1. The van der Waals surface area contributed by atoms with E-state index in [0.29, 0.717) is 17.2 Å². The summed E-state index contributed by atoms with van der Waals surface area (Å²) >= 11 is 3.38. The van der Waals surface area contributed by atoms with Crippen molar-refractivity contribution >= 4 is 27.5 Å². The Bertz CT molecular complexity index is 587. The molecule has 2 rings (SSSR count). The molecule has 5 heteroatoms. The van der Waals surface area contributed by atoms with E-state index in [1.54, 1.807) is 12.1 Å². The van der Waals surface area contributed by atoms with Crippen LogP contribution in [0.4, 0.5) is 5.69 Å². The minimum atomic E-state index is -0.259. The largest absolute Gasteiger partial charge is 0.455 e. The number of nitrogens with two attached hydrogens (primary N) is 1. The fraction of sp³-hybridized carbons (Fsp3) is 0.0714. The minimum Gasteiger partial charge on any atom is -0.455 e. The van der Waals surface area contributed by atoms with Gasteiger partial charge in [0.25, 0.3) is 0 Å². The summed E-state index contributed by atoms with van der Waals surface area (Å²) in [5.41, 5.74) is 5.88. The van der Waals surface area contributed by atoms with E-state index in [2.05, 4.69) is 21.2 Å². The van der Waals surface area contributed by atoms with E-state index in [4.69, 9.17) is 10.5 Å². The molecule has 0 aliphatic heterocycles. The molecule has 0 spiro atoms. The van der Waals surface area contributed by atoms with Crippen molar-refractivity contribution in [1.29, 1.82) is 0 Å². The molecule has 0 saturated heterocycles. The van der Waals surface area contributed by atoms with Crippen molar-refractivity contribution in [2.24, 2.45) is 5.73 Å². The average Bonchev–Trinajstić information content (AvgIpc) is 2.41. The van der Waals surface area contributed by atoms with Gasteiger partial charge in [-0.1, -0.05) is 34.1 Å². The van der Waals surface area contributed by atoms with E-state index in [9.17, 15) is 4.79 Å². The van der Waals surface area contributed by atoms with E-state index in [-0.39, 0.29) is 12.5 Å². The second kappa shape index (κ2) is 6.36. The van der Waals surface area contributed by atoms with Crippen LogP contribution in [0.5, 0.6) is 11.5 Å². The topological polar surface area (TPSA) is 64.4 Å². The molecule has 0 radical (unpaired) electrons. The molecule has 0 aliphatic rings. The third-order valence-electron chi connectivity index (χ3n) is 2.37. The van der Waals surface area contributed by atoms with Crippen LogP contribution in [-0.2, 0) is 4.79 Å². The van der Waals surface area contributed by atoms with Gasteiger partial charge in [0.15, 0.2) is 5.75 Å². The molecule has 0 aliphatic carbocycles. The molecular formula is C14H13BrN2O2. The molecule has 0 aromatic heterocycles. The smallest absolute Gasteiger partial charge is 0.238 e. The van der Waals surface area contributed by atoms with Crippen LogP contribution in [0, 0.1) is 0 Å². The van der Waals surface area contributed by atoms with E-state index in [0.717, 1.165) is 4.47 Å². The molecule has 0 bridgehead atoms. The van der Waals surface area contributed by atoms with Crippen molar-refractivity contribution < 1.29 is 9.53 Å². The molecule has 98 valence electrons. The van der Waals surface area contributed by atoms with Gasteiger partial charge < -0.3 is 15.8 Å². The van der Waals surface area contributed by atoms with Crippen molar-refractivity contribution in [3.63, 3.8) is 0 Å². The summed E-state index contributed by atoms with van der Waals surface area (Å²) < 4.78 is 6.67. The van der Waals surface area contributed by atoms with Crippen molar-refractivity contribution in [2.75, 3.05) is 11.9 Å². The van der Waals surface area contributed by atoms with Crippen LogP contribution >= 0.6 is 15.9 Å². The van der Waals surface area contributed by atoms with Gasteiger partial charge in [0.2, 0.25) is 5.91 Å². The summed E-state index contributed by atoms with van der Waals surface area (Å²) in [5, 5.41) is 2.69. The molecule has 2 aromatic carbocycles.